The molecule has 0 unspecified atom stereocenters. The van der Waals surface area contributed by atoms with Crippen LogP contribution in [0.3, 0.4) is 0 Å². The predicted molar refractivity (Wildman–Crippen MR) is 157 cm³/mol. The molecule has 7 N–H and O–H groups in total. The number of rotatable bonds is 12. The Morgan fingerprint density at radius 2 is 1.07 bits per heavy atom. The number of urea groups is 2. The summed E-state index contributed by atoms with van der Waals surface area (Å²) in [6, 6.07) is 6.72. The first-order valence-electron chi connectivity index (χ1n) is 14.5. The molecular formula is C28H45N9O4. The van der Waals surface area contributed by atoms with Gasteiger partial charge in [-0.2, -0.15) is 0 Å². The molecular weight excluding hydrogens is 526 g/mol. The van der Waals surface area contributed by atoms with Crippen molar-refractivity contribution < 1.29 is 19.2 Å². The molecule has 0 saturated carbocycles. The van der Waals surface area contributed by atoms with Crippen LogP contribution in [0.25, 0.3) is 0 Å². The van der Waals surface area contributed by atoms with Gasteiger partial charge in [-0.25, -0.2) is 14.6 Å². The van der Waals surface area contributed by atoms with E-state index in [0.717, 1.165) is 44.1 Å². The number of carbonyl (C=O) groups is 4. The van der Waals surface area contributed by atoms with Crippen LogP contribution in [0, 0.1) is 0 Å². The molecule has 2 heterocycles. The Morgan fingerprint density at radius 3 is 1.54 bits per heavy atom. The van der Waals surface area contributed by atoms with Crippen molar-refractivity contribution in [2.45, 2.75) is 57.9 Å². The number of benzene rings is 1. The van der Waals surface area contributed by atoms with Crippen molar-refractivity contribution in [1.82, 2.24) is 24.9 Å². The van der Waals surface area contributed by atoms with E-state index in [2.05, 4.69) is 10.3 Å². The van der Waals surface area contributed by atoms with Gasteiger partial charge in [0, 0.05) is 71.7 Å². The number of hydrogen-bond donors (Lipinski definition) is 4. The molecule has 6 amide bonds. The van der Waals surface area contributed by atoms with Crippen molar-refractivity contribution in [2.75, 3.05) is 52.4 Å². The lowest BCUT2D eigenvalue weighted by Gasteiger charge is -2.34. The van der Waals surface area contributed by atoms with Crippen LogP contribution in [-0.2, 0) is 16.1 Å². The Balaban J connectivity index is 1.19. The SMILES string of the molecule is NC(=O)N1CCN(C(=O)CCCCCCCCC(=O)N2CCN(C(=O)NCc3ccc(N=C(N)N)cc3)CC2)CC1. The number of hydrogen-bond acceptors (Lipinski definition) is 5. The fourth-order valence-electron chi connectivity index (χ4n) is 5.04. The molecule has 2 saturated heterocycles. The van der Waals surface area contributed by atoms with Crippen LogP contribution < -0.4 is 22.5 Å². The van der Waals surface area contributed by atoms with Crippen molar-refractivity contribution >= 4 is 35.5 Å². The quantitative estimate of drug-likeness (QED) is 0.166. The third-order valence-electron chi connectivity index (χ3n) is 7.53. The summed E-state index contributed by atoms with van der Waals surface area (Å²) < 4.78 is 0. The van der Waals surface area contributed by atoms with Crippen molar-refractivity contribution in [1.29, 1.82) is 0 Å². The zero-order chi connectivity index (χ0) is 29.6. The molecule has 2 fully saturated rings. The first-order chi connectivity index (χ1) is 19.7. The third-order valence-corrected chi connectivity index (χ3v) is 7.53. The number of amides is 6. The maximum atomic E-state index is 12.6. The van der Waals surface area contributed by atoms with Crippen molar-refractivity contribution in [3.63, 3.8) is 0 Å². The van der Waals surface area contributed by atoms with E-state index < -0.39 is 6.03 Å². The molecule has 3 rings (SSSR count). The molecule has 41 heavy (non-hydrogen) atoms. The van der Waals surface area contributed by atoms with E-state index in [1.165, 1.54) is 0 Å². The van der Waals surface area contributed by atoms with Gasteiger partial charge < -0.3 is 42.1 Å². The molecule has 0 radical (unpaired) electrons. The van der Waals surface area contributed by atoms with E-state index in [1.54, 1.807) is 21.9 Å². The number of nitrogens with zero attached hydrogens (tertiary/aromatic N) is 5. The molecule has 2 aliphatic heterocycles. The van der Waals surface area contributed by atoms with Crippen molar-refractivity contribution in [3.05, 3.63) is 29.8 Å². The Kier molecular flexibility index (Phi) is 12.5. The van der Waals surface area contributed by atoms with E-state index in [9.17, 15) is 19.2 Å². The maximum absolute atomic E-state index is 12.6. The topological polar surface area (TPSA) is 184 Å². The van der Waals surface area contributed by atoms with Gasteiger partial charge in [-0.05, 0) is 30.5 Å². The van der Waals surface area contributed by atoms with Gasteiger partial charge in [0.05, 0.1) is 5.69 Å². The molecule has 2 aliphatic rings. The summed E-state index contributed by atoms with van der Waals surface area (Å²) >= 11 is 0. The van der Waals surface area contributed by atoms with Crippen LogP contribution >= 0.6 is 0 Å². The summed E-state index contributed by atoms with van der Waals surface area (Å²) in [5.74, 6) is 0.289. The van der Waals surface area contributed by atoms with Crippen LogP contribution in [0.1, 0.15) is 56.9 Å². The number of unbranched alkanes of at least 4 members (excludes halogenated alkanes) is 5. The number of nitrogens with one attached hydrogen (secondary N) is 1. The summed E-state index contributed by atoms with van der Waals surface area (Å²) in [5.41, 5.74) is 17.6. The van der Waals surface area contributed by atoms with E-state index >= 15 is 0 Å². The molecule has 1 aromatic carbocycles. The monoisotopic (exact) mass is 571 g/mol. The molecule has 0 bridgehead atoms. The molecule has 0 atom stereocenters. The molecule has 0 aromatic heterocycles. The fourth-order valence-corrected chi connectivity index (χ4v) is 5.04. The van der Waals surface area contributed by atoms with Crippen LogP contribution in [0.4, 0.5) is 15.3 Å². The normalized spacial score (nSPS) is 15.4. The minimum Gasteiger partial charge on any atom is -0.370 e. The number of nitrogens with two attached hydrogens (primary N) is 3. The van der Waals surface area contributed by atoms with E-state index in [4.69, 9.17) is 17.2 Å². The van der Waals surface area contributed by atoms with Gasteiger partial charge in [0.2, 0.25) is 11.8 Å². The highest BCUT2D eigenvalue weighted by Crippen LogP contribution is 2.14. The average Bonchev–Trinajstić information content (AvgIpc) is 2.97. The highest BCUT2D eigenvalue weighted by Gasteiger charge is 2.24. The summed E-state index contributed by atoms with van der Waals surface area (Å²) in [5, 5.41) is 2.92. The standard InChI is InChI=1S/C28H45N9O4/c29-26(30)33-23-11-9-22(10-12-23)21-32-28(41)37-19-15-35(16-20-37)25(39)8-6-4-2-1-3-5-7-24(38)34-13-17-36(18-14-34)27(31)40/h9-12H,1-8,13-21H2,(H2,31,40)(H,32,41)(H4,29,30,33). The first-order valence-corrected chi connectivity index (χ1v) is 14.5. The van der Waals surface area contributed by atoms with Crippen LogP contribution in [0.15, 0.2) is 29.3 Å². The zero-order valence-electron chi connectivity index (χ0n) is 23.9. The second kappa shape index (κ2) is 16.3. The summed E-state index contributed by atoms with van der Waals surface area (Å²) in [6.45, 7) is 4.63. The highest BCUT2D eigenvalue weighted by molar-refractivity contribution is 5.79. The number of primary amides is 1. The van der Waals surface area contributed by atoms with Gasteiger partial charge in [-0.1, -0.05) is 37.8 Å². The molecule has 226 valence electrons. The summed E-state index contributed by atoms with van der Waals surface area (Å²) in [4.78, 5) is 59.6. The minimum atomic E-state index is -0.428. The highest BCUT2D eigenvalue weighted by atomic mass is 16.2. The molecule has 0 spiro atoms. The smallest absolute Gasteiger partial charge is 0.317 e. The van der Waals surface area contributed by atoms with Crippen LogP contribution in [0.5, 0.6) is 0 Å². The molecule has 1 aromatic rings. The van der Waals surface area contributed by atoms with Crippen LogP contribution in [-0.4, -0.2) is 102 Å². The third kappa shape index (κ3) is 10.8. The Labute approximate surface area is 242 Å². The summed E-state index contributed by atoms with van der Waals surface area (Å²) in [7, 11) is 0. The largest absolute Gasteiger partial charge is 0.370 e. The lowest BCUT2D eigenvalue weighted by atomic mass is 10.1. The number of carbonyl (C=O) groups excluding carboxylic acids is 4. The number of guanidine groups is 1. The predicted octanol–water partition coefficient (Wildman–Crippen LogP) is 1.29. The molecule has 13 nitrogen and oxygen atoms in total. The van der Waals surface area contributed by atoms with Gasteiger partial charge >= 0.3 is 12.1 Å². The average molecular weight is 572 g/mol. The number of aliphatic imine (C=N–C) groups is 1. The first kappa shape index (κ1) is 31.5. The minimum absolute atomic E-state index is 0.00286. The number of piperazine rings is 2. The van der Waals surface area contributed by atoms with Gasteiger partial charge in [-0.15, -0.1) is 0 Å². The van der Waals surface area contributed by atoms with Crippen molar-refractivity contribution in [2.24, 2.45) is 22.2 Å². The van der Waals surface area contributed by atoms with Gasteiger partial charge in [0.15, 0.2) is 5.96 Å². The van der Waals surface area contributed by atoms with Gasteiger partial charge in [-0.3, -0.25) is 9.59 Å². The molecule has 0 aliphatic carbocycles. The Morgan fingerprint density at radius 1 is 0.634 bits per heavy atom. The van der Waals surface area contributed by atoms with Gasteiger partial charge in [0.1, 0.15) is 0 Å². The molecule has 13 heteroatoms. The maximum Gasteiger partial charge on any atom is 0.317 e. The fraction of sp³-hybridized carbons (Fsp3) is 0.607. The summed E-state index contributed by atoms with van der Waals surface area (Å²) in [6.07, 6.45) is 6.85. The zero-order valence-corrected chi connectivity index (χ0v) is 23.9. The second-order valence-electron chi connectivity index (χ2n) is 10.6. The van der Waals surface area contributed by atoms with Gasteiger partial charge in [0.25, 0.3) is 0 Å². The van der Waals surface area contributed by atoms with E-state index in [-0.39, 0.29) is 23.8 Å². The lowest BCUT2D eigenvalue weighted by molar-refractivity contribution is -0.133. The lowest BCUT2D eigenvalue weighted by Crippen LogP contribution is -2.53. The second-order valence-corrected chi connectivity index (χ2v) is 10.6. The Hall–Kier alpha value is -4.03. The van der Waals surface area contributed by atoms with E-state index in [0.29, 0.717) is 77.4 Å². The van der Waals surface area contributed by atoms with Crippen LogP contribution in [0.2, 0.25) is 0 Å². The van der Waals surface area contributed by atoms with E-state index in [1.807, 2.05) is 21.9 Å². The Bertz CT molecular complexity index is 1040. The van der Waals surface area contributed by atoms with Crippen molar-refractivity contribution in [3.8, 4) is 0 Å².